The topological polar surface area (TPSA) is 78.6 Å². The number of nitrogens with zero attached hydrogens (tertiary/aromatic N) is 4. The third-order valence-corrected chi connectivity index (χ3v) is 3.80. The first-order chi connectivity index (χ1) is 11.9. The average molecular weight is 381 g/mol. The Morgan fingerprint density at radius 2 is 1.96 bits per heavy atom. The van der Waals surface area contributed by atoms with Gasteiger partial charge in [0.1, 0.15) is 19.0 Å². The maximum Gasteiger partial charge on any atom is 0.378 e. The smallest absolute Gasteiger partial charge is 0.378 e. The molecule has 0 aliphatic heterocycles. The zero-order valence-electron chi connectivity index (χ0n) is 13.5. The molecule has 2 aromatic heterocycles. The maximum absolute atomic E-state index is 12.0. The largest absolute Gasteiger partial charge is 0.488 e. The van der Waals surface area contributed by atoms with Crippen molar-refractivity contribution < 1.29 is 14.3 Å². The van der Waals surface area contributed by atoms with E-state index in [0.717, 1.165) is 11.4 Å². The van der Waals surface area contributed by atoms with Crippen molar-refractivity contribution in [1.82, 2.24) is 19.6 Å². The lowest BCUT2D eigenvalue weighted by Gasteiger charge is -2.08. The van der Waals surface area contributed by atoms with E-state index in [1.54, 1.807) is 18.2 Å². The van der Waals surface area contributed by atoms with E-state index in [2.05, 4.69) is 15.1 Å². The SMILES string of the molecule is Cc1cc(C)n2nc(C(=O)OCCOc3ccc(Cl)cc3Cl)nc2n1. The van der Waals surface area contributed by atoms with Gasteiger partial charge in [-0.3, -0.25) is 0 Å². The molecule has 0 radical (unpaired) electrons. The molecule has 1 aromatic carbocycles. The van der Waals surface area contributed by atoms with Gasteiger partial charge < -0.3 is 9.47 Å². The molecule has 0 spiro atoms. The second-order valence-electron chi connectivity index (χ2n) is 5.25. The third-order valence-electron chi connectivity index (χ3n) is 3.27. The van der Waals surface area contributed by atoms with Gasteiger partial charge in [0.05, 0.1) is 5.02 Å². The number of benzene rings is 1. The standard InChI is InChI=1S/C16H14Cl2N4O3/c1-9-7-10(2)22-16(19-9)20-14(21-22)15(23)25-6-5-24-13-4-3-11(17)8-12(13)18/h3-4,7-8H,5-6H2,1-2H3. The number of carbonyl (C=O) groups is 1. The Hall–Kier alpha value is -2.38. The lowest BCUT2D eigenvalue weighted by molar-refractivity contribution is 0.0437. The number of aryl methyl sites for hydroxylation is 2. The van der Waals surface area contributed by atoms with E-state index >= 15 is 0 Å². The molecule has 3 aromatic rings. The highest BCUT2D eigenvalue weighted by atomic mass is 35.5. The number of hydrogen-bond acceptors (Lipinski definition) is 6. The zero-order valence-corrected chi connectivity index (χ0v) is 15.0. The van der Waals surface area contributed by atoms with Crippen LogP contribution in [0.1, 0.15) is 22.0 Å². The van der Waals surface area contributed by atoms with E-state index < -0.39 is 5.97 Å². The van der Waals surface area contributed by atoms with Crippen molar-refractivity contribution >= 4 is 34.9 Å². The van der Waals surface area contributed by atoms with Crippen molar-refractivity contribution in [3.05, 3.63) is 51.5 Å². The van der Waals surface area contributed by atoms with Crippen LogP contribution < -0.4 is 4.74 Å². The Morgan fingerprint density at radius 1 is 1.16 bits per heavy atom. The monoisotopic (exact) mass is 380 g/mol. The number of rotatable bonds is 5. The summed E-state index contributed by atoms with van der Waals surface area (Å²) in [6.45, 7) is 3.86. The van der Waals surface area contributed by atoms with Crippen molar-refractivity contribution in [2.24, 2.45) is 0 Å². The molecule has 0 aliphatic rings. The van der Waals surface area contributed by atoms with E-state index in [1.165, 1.54) is 4.52 Å². The van der Waals surface area contributed by atoms with Gasteiger partial charge in [0.15, 0.2) is 0 Å². The first kappa shape index (κ1) is 17.4. The van der Waals surface area contributed by atoms with Gasteiger partial charge in [-0.2, -0.15) is 4.98 Å². The average Bonchev–Trinajstić information content (AvgIpc) is 2.97. The van der Waals surface area contributed by atoms with E-state index in [4.69, 9.17) is 32.7 Å². The highest BCUT2D eigenvalue weighted by Crippen LogP contribution is 2.27. The summed E-state index contributed by atoms with van der Waals surface area (Å²) in [6.07, 6.45) is 0. The molecule has 0 saturated carbocycles. The number of halogens is 2. The molecule has 9 heteroatoms. The number of esters is 1. The molecule has 0 bridgehead atoms. The molecule has 7 nitrogen and oxygen atoms in total. The highest BCUT2D eigenvalue weighted by Gasteiger charge is 2.16. The molecule has 0 saturated heterocycles. The van der Waals surface area contributed by atoms with Crippen LogP contribution in [0.2, 0.25) is 10.0 Å². The van der Waals surface area contributed by atoms with E-state index in [0.29, 0.717) is 21.6 Å². The minimum Gasteiger partial charge on any atom is -0.488 e. The molecule has 0 unspecified atom stereocenters. The molecule has 25 heavy (non-hydrogen) atoms. The number of hydrogen-bond donors (Lipinski definition) is 0. The predicted molar refractivity (Wildman–Crippen MR) is 92.5 cm³/mol. The fourth-order valence-corrected chi connectivity index (χ4v) is 2.66. The van der Waals surface area contributed by atoms with Gasteiger partial charge in [-0.15, -0.1) is 5.10 Å². The summed E-state index contributed by atoms with van der Waals surface area (Å²) in [5.41, 5.74) is 1.63. The van der Waals surface area contributed by atoms with Gasteiger partial charge in [0.25, 0.3) is 11.6 Å². The molecular weight excluding hydrogens is 367 g/mol. The first-order valence-electron chi connectivity index (χ1n) is 7.40. The molecule has 3 rings (SSSR count). The highest BCUT2D eigenvalue weighted by molar-refractivity contribution is 6.35. The summed E-state index contributed by atoms with van der Waals surface area (Å²) < 4.78 is 12.1. The van der Waals surface area contributed by atoms with E-state index in [-0.39, 0.29) is 19.0 Å². The molecule has 0 amide bonds. The van der Waals surface area contributed by atoms with Gasteiger partial charge in [0, 0.05) is 16.4 Å². The van der Waals surface area contributed by atoms with Crippen LogP contribution in [-0.2, 0) is 4.74 Å². The fraction of sp³-hybridized carbons (Fsp3) is 0.250. The Balaban J connectivity index is 1.58. The summed E-state index contributed by atoms with van der Waals surface area (Å²) in [5, 5.41) is 5.01. The Labute approximate surface area is 153 Å². The second kappa shape index (κ2) is 7.25. The minimum absolute atomic E-state index is 0.0266. The Bertz CT molecular complexity index is 943. The number of fused-ring (bicyclic) bond motifs is 1. The Kier molecular flexibility index (Phi) is 5.06. The summed E-state index contributed by atoms with van der Waals surface area (Å²) in [5.74, 6) is 0.121. The molecule has 0 atom stereocenters. The Morgan fingerprint density at radius 3 is 2.72 bits per heavy atom. The molecule has 0 fully saturated rings. The quantitative estimate of drug-likeness (QED) is 0.499. The van der Waals surface area contributed by atoms with Crippen molar-refractivity contribution in [3.8, 4) is 5.75 Å². The van der Waals surface area contributed by atoms with Crippen molar-refractivity contribution in [3.63, 3.8) is 0 Å². The van der Waals surface area contributed by atoms with Crippen LogP contribution in [0.15, 0.2) is 24.3 Å². The van der Waals surface area contributed by atoms with Gasteiger partial charge in [-0.1, -0.05) is 23.2 Å². The van der Waals surface area contributed by atoms with Gasteiger partial charge in [-0.25, -0.2) is 14.3 Å². The summed E-state index contributed by atoms with van der Waals surface area (Å²) in [6, 6.07) is 6.72. The van der Waals surface area contributed by atoms with Crippen molar-refractivity contribution in [1.29, 1.82) is 0 Å². The van der Waals surface area contributed by atoms with Crippen molar-refractivity contribution in [2.75, 3.05) is 13.2 Å². The number of aromatic nitrogens is 4. The molecule has 0 N–H and O–H groups in total. The number of carbonyl (C=O) groups excluding carboxylic acids is 1. The van der Waals surface area contributed by atoms with Gasteiger partial charge in [0.2, 0.25) is 0 Å². The lowest BCUT2D eigenvalue weighted by Crippen LogP contribution is -2.14. The lowest BCUT2D eigenvalue weighted by atomic mass is 10.3. The third kappa shape index (κ3) is 4.00. The van der Waals surface area contributed by atoms with Crippen LogP contribution in [-0.4, -0.2) is 38.8 Å². The molecule has 130 valence electrons. The van der Waals surface area contributed by atoms with Crippen LogP contribution >= 0.6 is 23.2 Å². The normalized spacial score (nSPS) is 10.9. The van der Waals surface area contributed by atoms with Gasteiger partial charge >= 0.3 is 5.97 Å². The summed E-state index contributed by atoms with van der Waals surface area (Å²) in [7, 11) is 0. The van der Waals surface area contributed by atoms with E-state index in [9.17, 15) is 4.79 Å². The van der Waals surface area contributed by atoms with Crippen LogP contribution in [0.5, 0.6) is 5.75 Å². The summed E-state index contributed by atoms with van der Waals surface area (Å²) >= 11 is 11.8. The van der Waals surface area contributed by atoms with Crippen LogP contribution in [0.25, 0.3) is 5.78 Å². The fourth-order valence-electron chi connectivity index (χ4n) is 2.20. The van der Waals surface area contributed by atoms with Crippen LogP contribution in [0.4, 0.5) is 0 Å². The molecule has 0 aliphatic carbocycles. The van der Waals surface area contributed by atoms with Crippen LogP contribution in [0, 0.1) is 13.8 Å². The van der Waals surface area contributed by atoms with Crippen LogP contribution in [0.3, 0.4) is 0 Å². The predicted octanol–water partition coefficient (Wildman–Crippen LogP) is 3.28. The molecular formula is C16H14Cl2N4O3. The van der Waals surface area contributed by atoms with E-state index in [1.807, 2.05) is 19.9 Å². The summed E-state index contributed by atoms with van der Waals surface area (Å²) in [4.78, 5) is 20.4. The van der Waals surface area contributed by atoms with Crippen molar-refractivity contribution in [2.45, 2.75) is 13.8 Å². The first-order valence-corrected chi connectivity index (χ1v) is 8.15. The number of ether oxygens (including phenoxy) is 2. The maximum atomic E-state index is 12.0. The zero-order chi connectivity index (χ0) is 18.0. The molecule has 2 heterocycles. The minimum atomic E-state index is -0.645. The van der Waals surface area contributed by atoms with Gasteiger partial charge in [-0.05, 0) is 38.1 Å². The second-order valence-corrected chi connectivity index (χ2v) is 6.09.